The van der Waals surface area contributed by atoms with Gasteiger partial charge in [-0.25, -0.2) is 13.4 Å². The summed E-state index contributed by atoms with van der Waals surface area (Å²) in [7, 11) is -3.08. The van der Waals surface area contributed by atoms with Crippen LogP contribution in [0, 0.1) is 13.8 Å². The number of sulfone groups is 1. The lowest BCUT2D eigenvalue weighted by Crippen LogP contribution is -2.35. The number of nitrogens with one attached hydrogen (secondary N) is 1. The van der Waals surface area contributed by atoms with E-state index in [4.69, 9.17) is 4.52 Å². The molecule has 3 heterocycles. The molecule has 1 aromatic carbocycles. The molecule has 1 N–H and O–H groups in total. The summed E-state index contributed by atoms with van der Waals surface area (Å²) in [5.74, 6) is -0.269. The van der Waals surface area contributed by atoms with E-state index in [1.165, 1.54) is 0 Å². The Labute approximate surface area is 156 Å². The van der Waals surface area contributed by atoms with Crippen molar-refractivity contribution in [2.45, 2.75) is 26.3 Å². The van der Waals surface area contributed by atoms with Crippen LogP contribution in [0.4, 0.5) is 0 Å². The molecule has 1 aliphatic rings. The summed E-state index contributed by atoms with van der Waals surface area (Å²) in [6.45, 7) is 3.74. The molecule has 1 atom stereocenters. The number of rotatable bonds is 3. The van der Waals surface area contributed by atoms with E-state index >= 15 is 0 Å². The van der Waals surface area contributed by atoms with Crippen LogP contribution in [0.1, 0.15) is 28.0 Å². The van der Waals surface area contributed by atoms with Gasteiger partial charge in [0.05, 0.1) is 33.8 Å². The molecule has 7 nitrogen and oxygen atoms in total. The van der Waals surface area contributed by atoms with Crippen LogP contribution >= 0.6 is 0 Å². The Kier molecular flexibility index (Phi) is 4.22. The Morgan fingerprint density at radius 3 is 2.63 bits per heavy atom. The average molecular weight is 385 g/mol. The van der Waals surface area contributed by atoms with Gasteiger partial charge in [0.15, 0.2) is 9.84 Å². The Morgan fingerprint density at radius 1 is 1.22 bits per heavy atom. The minimum Gasteiger partial charge on any atom is -0.348 e. The van der Waals surface area contributed by atoms with Crippen molar-refractivity contribution in [3.8, 4) is 11.3 Å². The largest absolute Gasteiger partial charge is 0.348 e. The maximum Gasteiger partial charge on any atom is 0.259 e. The normalized spacial score (nSPS) is 18.7. The number of nitrogens with zero attached hydrogens (tertiary/aromatic N) is 2. The van der Waals surface area contributed by atoms with Crippen molar-refractivity contribution in [2.75, 3.05) is 11.5 Å². The minimum absolute atomic E-state index is 0.0274. The molecule has 0 bridgehead atoms. The fraction of sp³-hybridized carbons (Fsp3) is 0.316. The molecule has 1 aliphatic heterocycles. The van der Waals surface area contributed by atoms with Gasteiger partial charge in [-0.15, -0.1) is 0 Å². The van der Waals surface area contributed by atoms with E-state index in [1.807, 2.05) is 31.2 Å². The Bertz CT molecular complexity index is 1130. The number of carbonyl (C=O) groups is 1. The molecule has 27 heavy (non-hydrogen) atoms. The number of amides is 1. The topological polar surface area (TPSA) is 102 Å². The van der Waals surface area contributed by atoms with Crippen LogP contribution in [0.2, 0.25) is 0 Å². The Hall–Kier alpha value is -2.74. The van der Waals surface area contributed by atoms with Gasteiger partial charge in [-0.1, -0.05) is 35.0 Å². The number of aryl methyl sites for hydroxylation is 2. The fourth-order valence-corrected chi connectivity index (χ4v) is 4.99. The van der Waals surface area contributed by atoms with E-state index in [9.17, 15) is 13.2 Å². The monoisotopic (exact) mass is 385 g/mol. The van der Waals surface area contributed by atoms with Crippen LogP contribution < -0.4 is 5.32 Å². The summed E-state index contributed by atoms with van der Waals surface area (Å²) in [4.78, 5) is 17.4. The maximum absolute atomic E-state index is 12.9. The van der Waals surface area contributed by atoms with Gasteiger partial charge < -0.3 is 9.84 Å². The van der Waals surface area contributed by atoms with E-state index in [-0.39, 0.29) is 29.2 Å². The van der Waals surface area contributed by atoms with Crippen LogP contribution in [-0.4, -0.2) is 42.0 Å². The van der Waals surface area contributed by atoms with E-state index in [0.29, 0.717) is 28.8 Å². The predicted octanol–water partition coefficient (Wildman–Crippen LogP) is 2.42. The lowest BCUT2D eigenvalue weighted by Gasteiger charge is -2.12. The molecule has 1 unspecified atom stereocenters. The number of fused-ring (bicyclic) bond motifs is 1. The van der Waals surface area contributed by atoms with Gasteiger partial charge in [0.25, 0.3) is 11.6 Å². The highest BCUT2D eigenvalue weighted by Crippen LogP contribution is 2.27. The first-order valence-corrected chi connectivity index (χ1v) is 10.5. The molecule has 1 amide bonds. The smallest absolute Gasteiger partial charge is 0.259 e. The lowest BCUT2D eigenvalue weighted by atomic mass is 10.0. The SMILES string of the molecule is Cc1ccc(-c2cc(C(=O)NC3CCS(=O)(=O)C3)c3c(C)noc3n2)cc1. The van der Waals surface area contributed by atoms with Gasteiger partial charge in [-0.05, 0) is 26.3 Å². The zero-order valence-corrected chi connectivity index (χ0v) is 15.8. The molecule has 0 spiro atoms. The van der Waals surface area contributed by atoms with E-state index in [1.54, 1.807) is 13.0 Å². The molecule has 1 fully saturated rings. The number of aromatic nitrogens is 2. The lowest BCUT2D eigenvalue weighted by molar-refractivity contribution is 0.0942. The molecule has 0 radical (unpaired) electrons. The summed E-state index contributed by atoms with van der Waals surface area (Å²) >= 11 is 0. The van der Waals surface area contributed by atoms with Crippen LogP contribution in [0.25, 0.3) is 22.4 Å². The minimum atomic E-state index is -3.08. The molecule has 4 rings (SSSR count). The first-order valence-electron chi connectivity index (χ1n) is 8.68. The highest BCUT2D eigenvalue weighted by Gasteiger charge is 2.30. The highest BCUT2D eigenvalue weighted by molar-refractivity contribution is 7.91. The van der Waals surface area contributed by atoms with E-state index < -0.39 is 9.84 Å². The summed E-state index contributed by atoms with van der Waals surface area (Å²) in [5.41, 5.74) is 3.82. The second-order valence-electron chi connectivity index (χ2n) is 6.94. The summed E-state index contributed by atoms with van der Waals surface area (Å²) in [6, 6.07) is 9.12. The van der Waals surface area contributed by atoms with Gasteiger partial charge in [-0.2, -0.15) is 0 Å². The van der Waals surface area contributed by atoms with E-state index in [2.05, 4.69) is 15.5 Å². The third-order valence-corrected chi connectivity index (χ3v) is 6.54. The fourth-order valence-electron chi connectivity index (χ4n) is 3.32. The van der Waals surface area contributed by atoms with Crippen molar-refractivity contribution in [1.29, 1.82) is 0 Å². The van der Waals surface area contributed by atoms with Crippen LogP contribution in [0.3, 0.4) is 0 Å². The summed E-state index contributed by atoms with van der Waals surface area (Å²) < 4.78 is 28.6. The molecule has 140 valence electrons. The molecule has 1 saturated heterocycles. The number of carbonyl (C=O) groups excluding carboxylic acids is 1. The van der Waals surface area contributed by atoms with Crippen molar-refractivity contribution in [3.63, 3.8) is 0 Å². The zero-order valence-electron chi connectivity index (χ0n) is 15.0. The number of hydrogen-bond acceptors (Lipinski definition) is 6. The average Bonchev–Trinajstić information content (AvgIpc) is 3.17. The number of benzene rings is 1. The Balaban J connectivity index is 1.75. The quantitative estimate of drug-likeness (QED) is 0.743. The summed E-state index contributed by atoms with van der Waals surface area (Å²) in [5, 5.41) is 7.31. The van der Waals surface area contributed by atoms with Crippen molar-refractivity contribution < 1.29 is 17.7 Å². The molecule has 3 aromatic rings. The molecule has 0 saturated carbocycles. The molecular formula is C19H19N3O4S. The van der Waals surface area contributed by atoms with Gasteiger partial charge in [0.1, 0.15) is 0 Å². The molecule has 0 aliphatic carbocycles. The Morgan fingerprint density at radius 2 is 1.96 bits per heavy atom. The van der Waals surface area contributed by atoms with E-state index in [0.717, 1.165) is 11.1 Å². The third-order valence-electron chi connectivity index (χ3n) is 4.78. The maximum atomic E-state index is 12.9. The first-order chi connectivity index (χ1) is 12.8. The molecule has 8 heteroatoms. The van der Waals surface area contributed by atoms with Crippen molar-refractivity contribution in [2.24, 2.45) is 0 Å². The second kappa shape index (κ2) is 6.45. The van der Waals surface area contributed by atoms with Crippen LogP contribution in [0.5, 0.6) is 0 Å². The van der Waals surface area contributed by atoms with Crippen LogP contribution in [0.15, 0.2) is 34.9 Å². The standard InChI is InChI=1S/C19H19N3O4S/c1-11-3-5-13(6-4-11)16-9-15(17-12(2)22-26-19(17)21-16)18(23)20-14-7-8-27(24,25)10-14/h3-6,9,14H,7-8,10H2,1-2H3,(H,20,23). The molecular weight excluding hydrogens is 366 g/mol. The summed E-state index contributed by atoms with van der Waals surface area (Å²) in [6.07, 6.45) is 0.426. The zero-order chi connectivity index (χ0) is 19.2. The third kappa shape index (κ3) is 3.44. The van der Waals surface area contributed by atoms with Crippen molar-refractivity contribution in [1.82, 2.24) is 15.5 Å². The van der Waals surface area contributed by atoms with Gasteiger partial charge in [0, 0.05) is 11.6 Å². The van der Waals surface area contributed by atoms with Gasteiger partial charge in [-0.3, -0.25) is 4.79 Å². The van der Waals surface area contributed by atoms with Crippen molar-refractivity contribution >= 4 is 26.8 Å². The van der Waals surface area contributed by atoms with Crippen molar-refractivity contribution in [3.05, 3.63) is 47.2 Å². The predicted molar refractivity (Wildman–Crippen MR) is 101 cm³/mol. The first kappa shape index (κ1) is 17.7. The second-order valence-corrected chi connectivity index (χ2v) is 9.17. The highest BCUT2D eigenvalue weighted by atomic mass is 32.2. The van der Waals surface area contributed by atoms with Gasteiger partial charge in [0.2, 0.25) is 0 Å². The van der Waals surface area contributed by atoms with Gasteiger partial charge >= 0.3 is 0 Å². The number of pyridine rings is 1. The molecule has 2 aromatic heterocycles. The number of hydrogen-bond donors (Lipinski definition) is 1. The van der Waals surface area contributed by atoms with Crippen LogP contribution in [-0.2, 0) is 9.84 Å².